The zero-order chi connectivity index (χ0) is 23.9. The lowest BCUT2D eigenvalue weighted by atomic mass is 10.0. The Morgan fingerprint density at radius 1 is 0.559 bits per heavy atom. The summed E-state index contributed by atoms with van der Waals surface area (Å²) in [6.45, 7) is 4.55. The summed E-state index contributed by atoms with van der Waals surface area (Å²) in [5.74, 6) is -0.156. The Morgan fingerprint density at radius 3 is 1.21 bits per heavy atom. The normalized spacial score (nSPS) is 10.5. The molecule has 0 unspecified atom stereocenters. The Bertz CT molecular complexity index is 1160. The van der Waals surface area contributed by atoms with Crippen LogP contribution in [0.1, 0.15) is 11.1 Å². The number of aryl methyl sites for hydroxylation is 2. The summed E-state index contributed by atoms with van der Waals surface area (Å²) in [5, 5.41) is 5.86. The topological polar surface area (TPSA) is 66.0 Å². The molecule has 34 heavy (non-hydrogen) atoms. The monoisotopic (exact) mass is 452 g/mol. The molecule has 2 aromatic carbocycles. The van der Waals surface area contributed by atoms with E-state index in [9.17, 15) is 9.59 Å². The molecule has 0 fully saturated rings. The maximum Gasteiger partial charge on any atom is 0.290 e. The second-order valence-electron chi connectivity index (χ2n) is 8.35. The number of nitrogens with one attached hydrogen (secondary N) is 2. The van der Waals surface area contributed by atoms with Gasteiger partial charge in [0.2, 0.25) is 13.1 Å². The number of carbonyl (C=O) groups is 2. The number of hydrogen-bond acceptors (Lipinski definition) is 2. The van der Waals surface area contributed by atoms with E-state index in [1.165, 1.54) is 0 Å². The lowest BCUT2D eigenvalue weighted by Crippen LogP contribution is -2.39. The lowest BCUT2D eigenvalue weighted by molar-refractivity contribution is -0.684. The first-order valence-electron chi connectivity index (χ1n) is 11.2. The number of hydrogen-bond donors (Lipinski definition) is 2. The second-order valence-corrected chi connectivity index (χ2v) is 8.35. The largest absolute Gasteiger partial charge is 0.321 e. The maximum atomic E-state index is 12.3. The van der Waals surface area contributed by atoms with Crippen LogP contribution in [0.4, 0.5) is 11.4 Å². The van der Waals surface area contributed by atoms with E-state index in [1.807, 2.05) is 121 Å². The molecule has 0 atom stereocenters. The van der Waals surface area contributed by atoms with Crippen molar-refractivity contribution in [1.82, 2.24) is 0 Å². The van der Waals surface area contributed by atoms with Gasteiger partial charge < -0.3 is 10.6 Å². The number of aromatic nitrogens is 2. The van der Waals surface area contributed by atoms with Gasteiger partial charge in [-0.2, -0.15) is 9.13 Å². The van der Waals surface area contributed by atoms with Crippen molar-refractivity contribution in [1.29, 1.82) is 0 Å². The Kier molecular flexibility index (Phi) is 7.08. The standard InChI is InChI=1S/C28H26N4O2/c1-21-11-15-31(16-12-21)19-27(33)29-25-7-3-23(4-8-25)24-5-9-26(10-6-24)30-28(34)20-32-17-13-22(2)14-18-32/h3-18H,19-20H2,1-2H3/p+2. The molecule has 0 saturated carbocycles. The van der Waals surface area contributed by atoms with E-state index in [0.717, 1.165) is 33.6 Å². The summed E-state index contributed by atoms with van der Waals surface area (Å²) < 4.78 is 3.69. The smallest absolute Gasteiger partial charge is 0.290 e. The average Bonchev–Trinajstić information content (AvgIpc) is 2.83. The summed E-state index contributed by atoms with van der Waals surface area (Å²) in [5.41, 5.74) is 5.86. The molecule has 0 aliphatic rings. The van der Waals surface area contributed by atoms with Crippen LogP contribution in [0.3, 0.4) is 0 Å². The molecule has 0 radical (unpaired) electrons. The first kappa shape index (κ1) is 22.9. The average molecular weight is 453 g/mol. The Labute approximate surface area is 199 Å². The molecule has 6 heteroatoms. The molecule has 4 aromatic rings. The van der Waals surface area contributed by atoms with Crippen molar-refractivity contribution >= 4 is 23.2 Å². The Morgan fingerprint density at radius 2 is 0.882 bits per heavy atom. The number of amides is 2. The van der Waals surface area contributed by atoms with Crippen molar-refractivity contribution in [2.24, 2.45) is 0 Å². The first-order chi connectivity index (χ1) is 16.4. The summed E-state index contributed by atoms with van der Waals surface area (Å²) in [7, 11) is 0. The Hall–Kier alpha value is -4.32. The molecule has 4 rings (SSSR count). The number of rotatable bonds is 7. The molecule has 0 spiro atoms. The van der Waals surface area contributed by atoms with Gasteiger partial charge in [0.15, 0.2) is 24.8 Å². The summed E-state index contributed by atoms with van der Waals surface area (Å²) >= 11 is 0. The fraction of sp³-hybridized carbons (Fsp3) is 0.143. The quantitative estimate of drug-likeness (QED) is 0.419. The molecule has 6 nitrogen and oxygen atoms in total. The van der Waals surface area contributed by atoms with E-state index in [4.69, 9.17) is 0 Å². The molecule has 2 amide bonds. The molecule has 0 aliphatic carbocycles. The molecule has 0 saturated heterocycles. The van der Waals surface area contributed by atoms with Crippen LogP contribution in [0.15, 0.2) is 97.6 Å². The first-order valence-corrected chi connectivity index (χ1v) is 11.2. The number of nitrogens with zero attached hydrogens (tertiary/aromatic N) is 2. The number of anilines is 2. The van der Waals surface area contributed by atoms with Crippen molar-refractivity contribution in [2.75, 3.05) is 10.6 Å². The number of benzene rings is 2. The van der Waals surface area contributed by atoms with E-state index in [1.54, 1.807) is 0 Å². The van der Waals surface area contributed by atoms with Crippen LogP contribution in [0.5, 0.6) is 0 Å². The third-order valence-electron chi connectivity index (χ3n) is 5.44. The van der Waals surface area contributed by atoms with Gasteiger partial charge in [-0.15, -0.1) is 0 Å². The highest BCUT2D eigenvalue weighted by Gasteiger charge is 2.11. The van der Waals surface area contributed by atoms with Crippen molar-refractivity contribution in [2.45, 2.75) is 26.9 Å². The van der Waals surface area contributed by atoms with Crippen LogP contribution in [0, 0.1) is 13.8 Å². The molecular formula is C28H28N4O2+2. The van der Waals surface area contributed by atoms with E-state index >= 15 is 0 Å². The fourth-order valence-electron chi connectivity index (χ4n) is 3.50. The predicted molar refractivity (Wildman–Crippen MR) is 132 cm³/mol. The predicted octanol–water partition coefficient (Wildman–Crippen LogP) is 3.82. The molecule has 0 aliphatic heterocycles. The minimum absolute atomic E-state index is 0.0782. The molecule has 170 valence electrons. The highest BCUT2D eigenvalue weighted by Crippen LogP contribution is 2.23. The van der Waals surface area contributed by atoms with Gasteiger partial charge in [-0.1, -0.05) is 24.3 Å². The van der Waals surface area contributed by atoms with Gasteiger partial charge in [0, 0.05) is 35.6 Å². The van der Waals surface area contributed by atoms with Crippen molar-refractivity contribution < 1.29 is 18.7 Å². The van der Waals surface area contributed by atoms with Gasteiger partial charge >= 0.3 is 0 Å². The van der Waals surface area contributed by atoms with Crippen molar-refractivity contribution in [3.63, 3.8) is 0 Å². The molecule has 2 aromatic heterocycles. The highest BCUT2D eigenvalue weighted by atomic mass is 16.2. The molecular weight excluding hydrogens is 424 g/mol. The molecule has 0 bridgehead atoms. The zero-order valence-electron chi connectivity index (χ0n) is 19.4. The van der Waals surface area contributed by atoms with Crippen LogP contribution in [0.25, 0.3) is 11.1 Å². The van der Waals surface area contributed by atoms with Gasteiger partial charge in [-0.25, -0.2) is 0 Å². The van der Waals surface area contributed by atoms with Crippen molar-refractivity contribution in [3.8, 4) is 11.1 Å². The van der Waals surface area contributed by atoms with E-state index in [2.05, 4.69) is 10.6 Å². The summed E-state index contributed by atoms with van der Waals surface area (Å²) in [6, 6.07) is 23.3. The van der Waals surface area contributed by atoms with E-state index < -0.39 is 0 Å². The number of carbonyl (C=O) groups excluding carboxylic acids is 2. The molecule has 2 N–H and O–H groups in total. The third-order valence-corrected chi connectivity index (χ3v) is 5.44. The summed E-state index contributed by atoms with van der Waals surface area (Å²) in [4.78, 5) is 24.6. The Balaban J connectivity index is 1.31. The summed E-state index contributed by atoms with van der Waals surface area (Å²) in [6.07, 6.45) is 7.58. The van der Waals surface area contributed by atoms with Crippen molar-refractivity contribution in [3.05, 3.63) is 109 Å². The number of pyridine rings is 2. The fourth-order valence-corrected chi connectivity index (χ4v) is 3.50. The zero-order valence-corrected chi connectivity index (χ0v) is 19.4. The lowest BCUT2D eigenvalue weighted by Gasteiger charge is -2.08. The SMILES string of the molecule is Cc1cc[n+](CC(=O)Nc2ccc(-c3ccc(NC(=O)C[n+]4ccc(C)cc4)cc3)cc2)cc1. The van der Waals surface area contributed by atoms with E-state index in [-0.39, 0.29) is 24.9 Å². The van der Waals surface area contributed by atoms with Gasteiger partial charge in [0.05, 0.1) is 0 Å². The third kappa shape index (κ3) is 6.36. The van der Waals surface area contributed by atoms with Crippen LogP contribution in [-0.4, -0.2) is 11.8 Å². The van der Waals surface area contributed by atoms with Gasteiger partial charge in [-0.3, -0.25) is 9.59 Å². The highest BCUT2D eigenvalue weighted by molar-refractivity contribution is 5.91. The van der Waals surface area contributed by atoms with Gasteiger partial charge in [0.25, 0.3) is 11.8 Å². The van der Waals surface area contributed by atoms with E-state index in [0.29, 0.717) is 0 Å². The molecule has 2 heterocycles. The van der Waals surface area contributed by atoms with Crippen LogP contribution in [0.2, 0.25) is 0 Å². The minimum atomic E-state index is -0.0782. The minimum Gasteiger partial charge on any atom is -0.321 e. The second kappa shape index (κ2) is 10.5. The van der Waals surface area contributed by atoms with Gasteiger partial charge in [-0.05, 0) is 60.4 Å². The van der Waals surface area contributed by atoms with Crippen LogP contribution in [-0.2, 0) is 22.7 Å². The van der Waals surface area contributed by atoms with Crippen LogP contribution < -0.4 is 19.8 Å². The maximum absolute atomic E-state index is 12.3. The van der Waals surface area contributed by atoms with Crippen LogP contribution >= 0.6 is 0 Å². The van der Waals surface area contributed by atoms with Gasteiger partial charge in [0.1, 0.15) is 0 Å².